The average molecular weight is 446 g/mol. The molecule has 128 valence electrons. The van der Waals surface area contributed by atoms with Crippen molar-refractivity contribution in [2.24, 2.45) is 0 Å². The maximum absolute atomic E-state index is 13.8. The van der Waals surface area contributed by atoms with Crippen LogP contribution in [0.15, 0.2) is 34.8 Å². The van der Waals surface area contributed by atoms with Crippen molar-refractivity contribution in [1.82, 2.24) is 4.90 Å². The molecular weight excluding hydrogens is 438 g/mol. The Balaban J connectivity index is 1.78. The van der Waals surface area contributed by atoms with Gasteiger partial charge in [0.2, 0.25) is 5.91 Å². The van der Waals surface area contributed by atoms with E-state index in [1.165, 1.54) is 24.3 Å². The zero-order valence-electron chi connectivity index (χ0n) is 12.3. The van der Waals surface area contributed by atoms with Crippen LogP contribution in [-0.4, -0.2) is 29.2 Å². The summed E-state index contributed by atoms with van der Waals surface area (Å²) < 4.78 is 14.3. The zero-order valence-corrected chi connectivity index (χ0v) is 15.4. The first-order valence-electron chi connectivity index (χ1n) is 6.88. The fraction of sp³-hybridized carbons (Fsp3) is 0.0625. The number of amides is 3. The molecule has 0 spiro atoms. The van der Waals surface area contributed by atoms with E-state index < -0.39 is 30.1 Å². The molecule has 3 rings (SSSR count). The van der Waals surface area contributed by atoms with Crippen LogP contribution in [0.4, 0.5) is 10.1 Å². The van der Waals surface area contributed by atoms with Crippen LogP contribution in [0.5, 0.6) is 0 Å². The van der Waals surface area contributed by atoms with E-state index in [9.17, 15) is 18.8 Å². The predicted octanol–water partition coefficient (Wildman–Crippen LogP) is 4.13. The second-order valence-electron chi connectivity index (χ2n) is 5.18. The topological polar surface area (TPSA) is 66.5 Å². The molecule has 0 aliphatic carbocycles. The van der Waals surface area contributed by atoms with E-state index in [0.717, 1.165) is 4.90 Å². The molecule has 1 heterocycles. The van der Waals surface area contributed by atoms with Crippen LogP contribution in [0.1, 0.15) is 20.7 Å². The Kier molecular flexibility index (Phi) is 4.81. The minimum atomic E-state index is -0.715. The number of benzene rings is 2. The lowest BCUT2D eigenvalue weighted by Crippen LogP contribution is -2.37. The minimum Gasteiger partial charge on any atom is -0.322 e. The first kappa shape index (κ1) is 17.8. The molecule has 0 saturated heterocycles. The number of rotatable bonds is 3. The van der Waals surface area contributed by atoms with Crippen molar-refractivity contribution in [3.8, 4) is 0 Å². The number of hydrogen-bond acceptors (Lipinski definition) is 3. The van der Waals surface area contributed by atoms with Crippen molar-refractivity contribution < 1.29 is 18.8 Å². The third kappa shape index (κ3) is 3.40. The number of nitrogens with one attached hydrogen (secondary N) is 1. The smallest absolute Gasteiger partial charge is 0.262 e. The fourth-order valence-corrected chi connectivity index (χ4v) is 3.01. The zero-order chi connectivity index (χ0) is 18.3. The quantitative estimate of drug-likeness (QED) is 0.722. The molecule has 2 aromatic carbocycles. The molecule has 0 atom stereocenters. The van der Waals surface area contributed by atoms with E-state index in [4.69, 9.17) is 23.2 Å². The second kappa shape index (κ2) is 6.74. The summed E-state index contributed by atoms with van der Waals surface area (Å²) >= 11 is 14.8. The van der Waals surface area contributed by atoms with Gasteiger partial charge in [0.05, 0.1) is 26.9 Å². The number of carbonyl (C=O) groups is 3. The highest BCUT2D eigenvalue weighted by molar-refractivity contribution is 9.10. The first-order chi connectivity index (χ1) is 11.8. The molecule has 3 amide bonds. The Morgan fingerprint density at radius 3 is 2.16 bits per heavy atom. The lowest BCUT2D eigenvalue weighted by atomic mass is 10.1. The molecule has 9 heteroatoms. The van der Waals surface area contributed by atoms with Gasteiger partial charge in [0.25, 0.3) is 11.8 Å². The van der Waals surface area contributed by atoms with E-state index in [-0.39, 0.29) is 26.9 Å². The molecule has 0 radical (unpaired) electrons. The number of anilines is 1. The highest BCUT2D eigenvalue weighted by Crippen LogP contribution is 2.31. The summed E-state index contributed by atoms with van der Waals surface area (Å²) in [5.41, 5.74) is 0.0833. The van der Waals surface area contributed by atoms with E-state index in [0.29, 0.717) is 4.47 Å². The molecule has 0 unspecified atom stereocenters. The Labute approximate surface area is 159 Å². The van der Waals surface area contributed by atoms with Crippen molar-refractivity contribution in [1.29, 1.82) is 0 Å². The molecule has 0 saturated carbocycles. The van der Waals surface area contributed by atoms with Crippen LogP contribution in [0.2, 0.25) is 10.0 Å². The van der Waals surface area contributed by atoms with Gasteiger partial charge in [-0.3, -0.25) is 19.3 Å². The number of carbonyl (C=O) groups excluding carboxylic acids is 3. The Morgan fingerprint density at radius 2 is 1.64 bits per heavy atom. The van der Waals surface area contributed by atoms with Gasteiger partial charge in [-0.15, -0.1) is 0 Å². The van der Waals surface area contributed by atoms with E-state index >= 15 is 0 Å². The first-order valence-corrected chi connectivity index (χ1v) is 8.43. The van der Waals surface area contributed by atoms with Gasteiger partial charge in [-0.05, 0) is 30.3 Å². The van der Waals surface area contributed by atoms with Gasteiger partial charge in [-0.25, -0.2) is 4.39 Å². The van der Waals surface area contributed by atoms with Crippen LogP contribution >= 0.6 is 39.1 Å². The van der Waals surface area contributed by atoms with Gasteiger partial charge in [-0.2, -0.15) is 0 Å². The van der Waals surface area contributed by atoms with Crippen LogP contribution in [0, 0.1) is 5.82 Å². The summed E-state index contributed by atoms with van der Waals surface area (Å²) in [7, 11) is 0. The molecule has 1 aliphatic rings. The highest BCUT2D eigenvalue weighted by atomic mass is 79.9. The number of hydrogen-bond donors (Lipinski definition) is 1. The Hall–Kier alpha value is -1.96. The standard InChI is InChI=1S/C16H8BrCl2FN2O3/c17-7-1-2-13(12(20)3-7)21-14(23)6-22-15(24)8-4-10(18)11(19)5-9(8)16(22)25/h1-5H,6H2,(H,21,23). The van der Waals surface area contributed by atoms with Crippen LogP contribution in [0.25, 0.3) is 0 Å². The number of fused-ring (bicyclic) bond motifs is 1. The average Bonchev–Trinajstić information content (AvgIpc) is 2.76. The summed E-state index contributed by atoms with van der Waals surface area (Å²) in [6.07, 6.45) is 0. The summed E-state index contributed by atoms with van der Waals surface area (Å²) in [6, 6.07) is 6.66. The van der Waals surface area contributed by atoms with Crippen LogP contribution < -0.4 is 5.32 Å². The van der Waals surface area contributed by atoms with Gasteiger partial charge >= 0.3 is 0 Å². The van der Waals surface area contributed by atoms with Crippen molar-refractivity contribution in [3.05, 3.63) is 61.8 Å². The van der Waals surface area contributed by atoms with Crippen molar-refractivity contribution >= 4 is 62.5 Å². The predicted molar refractivity (Wildman–Crippen MR) is 94.6 cm³/mol. The Morgan fingerprint density at radius 1 is 1.08 bits per heavy atom. The van der Waals surface area contributed by atoms with Gasteiger partial charge < -0.3 is 5.32 Å². The van der Waals surface area contributed by atoms with Gasteiger partial charge in [0.1, 0.15) is 12.4 Å². The second-order valence-corrected chi connectivity index (χ2v) is 6.91. The molecule has 1 N–H and O–H groups in total. The largest absolute Gasteiger partial charge is 0.322 e. The van der Waals surface area contributed by atoms with E-state index in [1.807, 2.05) is 0 Å². The molecule has 0 bridgehead atoms. The maximum atomic E-state index is 13.8. The van der Waals surface area contributed by atoms with Gasteiger partial charge in [0.15, 0.2) is 0 Å². The molecule has 0 fully saturated rings. The summed E-state index contributed by atoms with van der Waals surface area (Å²) in [5.74, 6) is -2.69. The third-order valence-corrected chi connectivity index (χ3v) is 4.73. The van der Waals surface area contributed by atoms with E-state index in [2.05, 4.69) is 21.2 Å². The van der Waals surface area contributed by atoms with Crippen molar-refractivity contribution in [2.75, 3.05) is 11.9 Å². The number of imide groups is 1. The molecule has 5 nitrogen and oxygen atoms in total. The number of nitrogens with zero attached hydrogens (tertiary/aromatic N) is 1. The fourth-order valence-electron chi connectivity index (χ4n) is 2.35. The lowest BCUT2D eigenvalue weighted by molar-refractivity contribution is -0.116. The number of halogens is 4. The third-order valence-electron chi connectivity index (χ3n) is 3.52. The van der Waals surface area contributed by atoms with Gasteiger partial charge in [-0.1, -0.05) is 39.1 Å². The van der Waals surface area contributed by atoms with Crippen LogP contribution in [-0.2, 0) is 4.79 Å². The molecule has 2 aromatic rings. The SMILES string of the molecule is O=C(CN1C(=O)c2cc(Cl)c(Cl)cc2C1=O)Nc1ccc(Br)cc1F. The van der Waals surface area contributed by atoms with Crippen molar-refractivity contribution in [2.45, 2.75) is 0 Å². The molecule has 25 heavy (non-hydrogen) atoms. The molecule has 1 aliphatic heterocycles. The highest BCUT2D eigenvalue weighted by Gasteiger charge is 2.37. The van der Waals surface area contributed by atoms with Crippen molar-refractivity contribution in [3.63, 3.8) is 0 Å². The summed E-state index contributed by atoms with van der Waals surface area (Å²) in [4.78, 5) is 37.5. The Bertz CT molecular complexity index is 895. The van der Waals surface area contributed by atoms with Gasteiger partial charge in [0, 0.05) is 4.47 Å². The normalized spacial score (nSPS) is 13.2. The monoisotopic (exact) mass is 444 g/mol. The summed E-state index contributed by atoms with van der Waals surface area (Å²) in [5, 5.41) is 2.58. The molecule has 0 aromatic heterocycles. The molecular formula is C16H8BrCl2FN2O3. The van der Waals surface area contributed by atoms with Crippen LogP contribution in [0.3, 0.4) is 0 Å². The van der Waals surface area contributed by atoms with E-state index in [1.54, 1.807) is 6.07 Å². The maximum Gasteiger partial charge on any atom is 0.262 e. The minimum absolute atomic E-state index is 0.0594. The lowest BCUT2D eigenvalue weighted by Gasteiger charge is -2.14. The summed E-state index contributed by atoms with van der Waals surface area (Å²) in [6.45, 7) is -0.558.